The predicted molar refractivity (Wildman–Crippen MR) is 167 cm³/mol. The normalized spacial score (nSPS) is 12.6. The van der Waals surface area contributed by atoms with Crippen molar-refractivity contribution in [2.24, 2.45) is 0 Å². The van der Waals surface area contributed by atoms with Gasteiger partial charge in [-0.3, -0.25) is 8.37 Å². The summed E-state index contributed by atoms with van der Waals surface area (Å²) in [5.41, 5.74) is -0.705. The molecule has 0 bridgehead atoms. The van der Waals surface area contributed by atoms with E-state index in [1.165, 1.54) is 31.4 Å². The lowest BCUT2D eigenvalue weighted by molar-refractivity contribution is 0.197. The molecule has 0 saturated heterocycles. The molecule has 0 radical (unpaired) electrons. The summed E-state index contributed by atoms with van der Waals surface area (Å²) in [6.45, 7) is 27.7. The van der Waals surface area contributed by atoms with Crippen molar-refractivity contribution in [1.29, 1.82) is 21.0 Å². The molecule has 0 spiro atoms. The summed E-state index contributed by atoms with van der Waals surface area (Å²) in [7, 11) is -8.49. The van der Waals surface area contributed by atoms with Crippen molar-refractivity contribution in [3.05, 3.63) is 96.4 Å². The lowest BCUT2D eigenvalue weighted by Gasteiger charge is -2.11. The monoisotopic (exact) mass is 730 g/mol. The summed E-state index contributed by atoms with van der Waals surface area (Å²) in [4.78, 5) is 12.3. The van der Waals surface area contributed by atoms with Gasteiger partial charge in [0.2, 0.25) is 20.8 Å². The average Bonchev–Trinajstić information content (AvgIpc) is 3.08. The van der Waals surface area contributed by atoms with E-state index in [0.717, 1.165) is 0 Å². The van der Waals surface area contributed by atoms with Crippen molar-refractivity contribution in [3.63, 3.8) is 0 Å². The Hall–Kier alpha value is -7.02. The number of aryl methyl sites for hydroxylation is 1. The zero-order chi connectivity index (χ0) is 38.8. The molecule has 0 aromatic heterocycles. The lowest BCUT2D eigenvalue weighted by atomic mass is 10.1. The minimum absolute atomic E-state index is 0.00958. The first-order valence-electron chi connectivity index (χ1n) is 13.0. The zero-order valence-electron chi connectivity index (χ0n) is 26.0. The van der Waals surface area contributed by atoms with Crippen molar-refractivity contribution in [2.75, 3.05) is 33.5 Å². The fraction of sp³-hybridized carbons (Fsp3) is 0.200. The fourth-order valence-corrected chi connectivity index (χ4v) is 4.17. The molecule has 51 heavy (non-hydrogen) atoms. The van der Waals surface area contributed by atoms with E-state index in [-0.39, 0.29) is 67.5 Å². The molecule has 0 saturated carbocycles. The highest BCUT2D eigenvalue weighted by atomic mass is 32.3. The summed E-state index contributed by atoms with van der Waals surface area (Å²) in [5, 5.41) is 36.6. The highest BCUT2D eigenvalue weighted by molar-refractivity contribution is 7.81. The minimum atomic E-state index is -4.90. The van der Waals surface area contributed by atoms with Crippen LogP contribution in [-0.4, -0.2) is 59.5 Å². The van der Waals surface area contributed by atoms with Crippen LogP contribution >= 0.6 is 0 Å². The first-order chi connectivity index (χ1) is 24.1. The number of methoxy groups -OCH3 is 1. The van der Waals surface area contributed by atoms with E-state index in [0.29, 0.717) is 5.56 Å². The Balaban J connectivity index is 0.000000510. The molecule has 2 aromatic carbocycles. The maximum atomic E-state index is 10.4. The van der Waals surface area contributed by atoms with Gasteiger partial charge in [-0.2, -0.15) is 0 Å². The summed E-state index contributed by atoms with van der Waals surface area (Å²) in [6.07, 6.45) is 0. The topological polar surface area (TPSA) is 273 Å². The molecule has 2 rings (SSSR count). The van der Waals surface area contributed by atoms with E-state index >= 15 is 0 Å². The zero-order valence-corrected chi connectivity index (χ0v) is 27.7. The van der Waals surface area contributed by atoms with Gasteiger partial charge in [-0.1, -0.05) is 11.6 Å². The maximum Gasteiger partial charge on any atom is 0.272 e. The van der Waals surface area contributed by atoms with Gasteiger partial charge >= 0.3 is 0 Å². The van der Waals surface area contributed by atoms with Gasteiger partial charge in [0.05, 0.1) is 70.9 Å². The molecule has 258 valence electrons. The van der Waals surface area contributed by atoms with Crippen molar-refractivity contribution in [1.82, 2.24) is 0 Å². The summed E-state index contributed by atoms with van der Waals surface area (Å²) in [5.74, 6) is -0.0391. The molecule has 0 amide bonds. The van der Waals surface area contributed by atoms with Crippen LogP contribution in [0.2, 0.25) is 0 Å². The van der Waals surface area contributed by atoms with Crippen LogP contribution in [0.1, 0.15) is 5.56 Å². The Morgan fingerprint density at radius 1 is 0.608 bits per heavy atom. The molecular formula is C30H18N8O11S2-2. The van der Waals surface area contributed by atoms with Crippen LogP contribution in [0.4, 0.5) is 0 Å². The number of nitrogens with zero attached hydrogens (tertiary/aromatic N) is 8. The van der Waals surface area contributed by atoms with E-state index in [2.05, 4.69) is 27.7 Å². The summed E-state index contributed by atoms with van der Waals surface area (Å²) in [6, 6.07) is 11.9. The van der Waals surface area contributed by atoms with Crippen LogP contribution in [0.25, 0.3) is 42.2 Å². The first kappa shape index (κ1) is 42.0. The van der Waals surface area contributed by atoms with E-state index in [4.69, 9.17) is 61.5 Å². The molecule has 0 aliphatic heterocycles. The van der Waals surface area contributed by atoms with Gasteiger partial charge in [-0.25, -0.2) is 57.3 Å². The Labute approximate surface area is 291 Å². The van der Waals surface area contributed by atoms with Crippen molar-refractivity contribution < 1.29 is 48.5 Å². The van der Waals surface area contributed by atoms with Crippen LogP contribution in [0.15, 0.2) is 24.3 Å². The SMILES string of the molecule is [C-]#[N+]/C(C#N)=c1/cc(OCCOS(=O)(=O)[O-])/c(=C(\C#N)[N+]#[C-])cc1C.[C-]#[N+]/C(C#N)=c1/cc(OCCOS(=O)(=O)[O-])/c(=C(\C#N)[N+]#[C-])cc1OC. The largest absolute Gasteiger partial charge is 0.726 e. The summed E-state index contributed by atoms with van der Waals surface area (Å²) < 4.78 is 86.0. The Morgan fingerprint density at radius 2 is 0.922 bits per heavy atom. The number of benzene rings is 2. The number of rotatable bonds is 11. The van der Waals surface area contributed by atoms with E-state index < -0.39 is 40.6 Å². The molecule has 19 nitrogen and oxygen atoms in total. The Bertz CT molecular complexity index is 2470. The van der Waals surface area contributed by atoms with Crippen molar-refractivity contribution in [3.8, 4) is 41.5 Å². The van der Waals surface area contributed by atoms with E-state index in [9.17, 15) is 25.9 Å². The van der Waals surface area contributed by atoms with Gasteiger partial charge in [0, 0.05) is 15.7 Å². The molecule has 21 heteroatoms. The number of hydrogen-bond acceptors (Lipinski definition) is 15. The predicted octanol–water partition coefficient (Wildman–Crippen LogP) is -0.394. The number of ether oxygens (including phenoxy) is 3. The molecule has 0 N–H and O–H groups in total. The van der Waals surface area contributed by atoms with Crippen LogP contribution in [0, 0.1) is 78.5 Å². The number of nitriles is 4. The Morgan fingerprint density at radius 3 is 1.25 bits per heavy atom. The molecule has 0 aliphatic carbocycles. The second kappa shape index (κ2) is 19.7. The van der Waals surface area contributed by atoms with Gasteiger partial charge in [-0.15, -0.1) is 0 Å². The third-order valence-corrected chi connectivity index (χ3v) is 6.57. The van der Waals surface area contributed by atoms with Crippen LogP contribution in [-0.2, 0) is 29.2 Å². The second-order valence-electron chi connectivity index (χ2n) is 8.66. The quantitative estimate of drug-likeness (QED) is 0.123. The molecule has 0 unspecified atom stereocenters. The molecular weight excluding hydrogens is 713 g/mol. The van der Waals surface area contributed by atoms with Gasteiger partial charge < -0.3 is 23.3 Å². The van der Waals surface area contributed by atoms with Crippen molar-refractivity contribution >= 4 is 43.6 Å². The first-order valence-corrected chi connectivity index (χ1v) is 15.7. The fourth-order valence-electron chi connectivity index (χ4n) is 3.62. The standard InChI is InChI=1S/C15H10N4O6S.C15H10N4O5S/c1-18-12(8-16)10-7-15(24-4-5-25-26(20,21)22)11(6-14(10)23-3)13(9-17)19-2;1-10-6-12(14(9-17)19-3)15(7-11(10)13(8-16)18-2)23-4-5-24-25(20,21)22/h6-7H,4-5H2,3H3,(H,20,21,22);6-7H,4-5H2,1H3,(H,20,21,22)/p-2/b12-10-,13-11+;13-11-,14-12+. The maximum absolute atomic E-state index is 10.4. The van der Waals surface area contributed by atoms with Crippen LogP contribution in [0.3, 0.4) is 0 Å². The van der Waals surface area contributed by atoms with E-state index in [1.54, 1.807) is 31.2 Å². The Kier molecular flexibility index (Phi) is 16.2. The van der Waals surface area contributed by atoms with Gasteiger partial charge in [-0.05, 0) is 30.3 Å². The third kappa shape index (κ3) is 12.8. The minimum Gasteiger partial charge on any atom is -0.726 e. The van der Waals surface area contributed by atoms with E-state index in [1.807, 2.05) is 0 Å². The molecule has 0 aliphatic rings. The molecule has 2 aromatic rings. The van der Waals surface area contributed by atoms with Crippen molar-refractivity contribution in [2.45, 2.75) is 6.92 Å². The van der Waals surface area contributed by atoms with Gasteiger partial charge in [0.25, 0.3) is 22.8 Å². The second-order valence-corrected chi connectivity index (χ2v) is 10.8. The highest BCUT2D eigenvalue weighted by Crippen LogP contribution is 2.12. The molecule has 0 heterocycles. The number of hydrogen-bond donors (Lipinski definition) is 0. The molecule has 0 atom stereocenters. The smallest absolute Gasteiger partial charge is 0.272 e. The average molecular weight is 731 g/mol. The third-order valence-electron chi connectivity index (χ3n) is 5.66. The highest BCUT2D eigenvalue weighted by Gasteiger charge is 2.12. The lowest BCUT2D eigenvalue weighted by Crippen LogP contribution is -2.21. The molecule has 0 fully saturated rings. The summed E-state index contributed by atoms with van der Waals surface area (Å²) >= 11 is 0. The van der Waals surface area contributed by atoms with Gasteiger partial charge in [0.15, 0.2) is 0 Å². The van der Waals surface area contributed by atoms with Crippen LogP contribution in [0.5, 0.6) is 17.2 Å². The van der Waals surface area contributed by atoms with Gasteiger partial charge in [0.1, 0.15) is 30.5 Å². The van der Waals surface area contributed by atoms with Crippen LogP contribution < -0.4 is 35.1 Å².